The van der Waals surface area contributed by atoms with Crippen molar-refractivity contribution in [1.82, 2.24) is 9.78 Å². The highest BCUT2D eigenvalue weighted by atomic mass is 16.3. The van der Waals surface area contributed by atoms with Gasteiger partial charge in [-0.15, -0.1) is 0 Å². The Hall–Kier alpha value is -1.34. The summed E-state index contributed by atoms with van der Waals surface area (Å²) in [6, 6.07) is 2.19. The zero-order chi connectivity index (χ0) is 20.2. The van der Waals surface area contributed by atoms with Gasteiger partial charge < -0.3 is 5.11 Å². The molecule has 0 amide bonds. The molecule has 0 aliphatic heterocycles. The predicted molar refractivity (Wildman–Crippen MR) is 113 cm³/mol. The van der Waals surface area contributed by atoms with Gasteiger partial charge in [0.25, 0.3) is 0 Å². The van der Waals surface area contributed by atoms with Crippen molar-refractivity contribution in [3.05, 3.63) is 18.0 Å². The number of aliphatic hydroxyl groups is 1. The van der Waals surface area contributed by atoms with E-state index in [-0.39, 0.29) is 0 Å². The van der Waals surface area contributed by atoms with Crippen molar-refractivity contribution in [2.75, 3.05) is 0 Å². The standard InChI is InChI=1S/C25H37N3O/c1-24(29)10-7-20-18(13-24)3-5-22-21(20)8-11-25(2)19(4-6-23(22)25)9-12-28-16-17(14-26)15-27-28/h15-16,18-23,29H,3-13H2,1-2H3/t18-,19-,20+,21-,22-,23+,24-,25-/m1/s1. The van der Waals surface area contributed by atoms with E-state index in [1.54, 1.807) is 6.20 Å². The summed E-state index contributed by atoms with van der Waals surface area (Å²) in [6.45, 7) is 5.61. The van der Waals surface area contributed by atoms with E-state index in [1.165, 1.54) is 51.4 Å². The van der Waals surface area contributed by atoms with Gasteiger partial charge in [0.1, 0.15) is 6.07 Å². The molecule has 1 aromatic heterocycles. The van der Waals surface area contributed by atoms with E-state index in [0.29, 0.717) is 11.0 Å². The van der Waals surface area contributed by atoms with Crippen LogP contribution in [0.2, 0.25) is 0 Å². The maximum absolute atomic E-state index is 10.6. The zero-order valence-corrected chi connectivity index (χ0v) is 18.2. The minimum absolute atomic E-state index is 0.409. The molecular formula is C25H37N3O. The molecule has 0 bridgehead atoms. The van der Waals surface area contributed by atoms with E-state index in [1.807, 2.05) is 10.9 Å². The molecule has 5 rings (SSSR count). The van der Waals surface area contributed by atoms with Crippen molar-refractivity contribution in [2.24, 2.45) is 40.9 Å². The van der Waals surface area contributed by atoms with Crippen molar-refractivity contribution in [1.29, 1.82) is 5.26 Å². The quantitative estimate of drug-likeness (QED) is 0.768. The second kappa shape index (κ2) is 7.12. The molecule has 0 radical (unpaired) electrons. The third kappa shape index (κ3) is 3.34. The lowest BCUT2D eigenvalue weighted by Crippen LogP contribution is -2.50. The average molecular weight is 396 g/mol. The Kier molecular flexibility index (Phi) is 4.81. The molecule has 158 valence electrons. The number of rotatable bonds is 3. The Morgan fingerprint density at radius 3 is 2.72 bits per heavy atom. The molecule has 0 aromatic carbocycles. The second-order valence-corrected chi connectivity index (χ2v) is 11.4. The highest BCUT2D eigenvalue weighted by Crippen LogP contribution is 2.65. The van der Waals surface area contributed by atoms with Crippen LogP contribution < -0.4 is 0 Å². The topological polar surface area (TPSA) is 61.8 Å². The molecule has 4 heteroatoms. The minimum Gasteiger partial charge on any atom is -0.390 e. The Bertz CT molecular complexity index is 792. The van der Waals surface area contributed by atoms with Gasteiger partial charge in [-0.1, -0.05) is 6.92 Å². The minimum atomic E-state index is -0.409. The number of nitriles is 1. The van der Waals surface area contributed by atoms with Crippen molar-refractivity contribution in [2.45, 2.75) is 90.2 Å². The van der Waals surface area contributed by atoms with Crippen LogP contribution in [-0.4, -0.2) is 20.5 Å². The number of aromatic nitrogens is 2. The first-order valence-electron chi connectivity index (χ1n) is 12.0. The molecule has 4 aliphatic carbocycles. The monoisotopic (exact) mass is 395 g/mol. The van der Waals surface area contributed by atoms with Gasteiger partial charge in [0.05, 0.1) is 17.4 Å². The predicted octanol–water partition coefficient (Wildman–Crippen LogP) is 5.16. The molecule has 0 spiro atoms. The fourth-order valence-corrected chi connectivity index (χ4v) is 8.50. The Labute approximate surface area is 175 Å². The van der Waals surface area contributed by atoms with Crippen LogP contribution in [-0.2, 0) is 6.54 Å². The fourth-order valence-electron chi connectivity index (χ4n) is 8.50. The first-order valence-corrected chi connectivity index (χ1v) is 12.0. The van der Waals surface area contributed by atoms with Gasteiger partial charge in [0, 0.05) is 12.7 Å². The van der Waals surface area contributed by atoms with Crippen molar-refractivity contribution in [3.8, 4) is 6.07 Å². The van der Waals surface area contributed by atoms with Crippen molar-refractivity contribution in [3.63, 3.8) is 0 Å². The van der Waals surface area contributed by atoms with Crippen LogP contribution in [0.15, 0.2) is 12.4 Å². The Morgan fingerprint density at radius 2 is 1.93 bits per heavy atom. The van der Waals surface area contributed by atoms with E-state index in [2.05, 4.69) is 25.0 Å². The van der Waals surface area contributed by atoms with Gasteiger partial charge in [-0.2, -0.15) is 10.4 Å². The normalized spacial score (nSPS) is 46.4. The van der Waals surface area contributed by atoms with Gasteiger partial charge in [-0.25, -0.2) is 0 Å². The molecule has 0 unspecified atom stereocenters. The summed E-state index contributed by atoms with van der Waals surface area (Å²) in [7, 11) is 0. The smallest absolute Gasteiger partial charge is 0.102 e. The van der Waals surface area contributed by atoms with Gasteiger partial charge in [0.15, 0.2) is 0 Å². The van der Waals surface area contributed by atoms with Gasteiger partial charge in [0.2, 0.25) is 0 Å². The summed E-state index contributed by atoms with van der Waals surface area (Å²) in [4.78, 5) is 0. The molecule has 4 aliphatic rings. The summed E-state index contributed by atoms with van der Waals surface area (Å²) in [5.74, 6) is 5.21. The van der Waals surface area contributed by atoms with Crippen molar-refractivity contribution < 1.29 is 5.11 Å². The number of hydrogen-bond acceptors (Lipinski definition) is 3. The maximum Gasteiger partial charge on any atom is 0.102 e. The van der Waals surface area contributed by atoms with E-state index in [0.717, 1.165) is 54.9 Å². The zero-order valence-electron chi connectivity index (χ0n) is 18.2. The van der Waals surface area contributed by atoms with Crippen molar-refractivity contribution >= 4 is 0 Å². The number of nitrogens with zero attached hydrogens (tertiary/aromatic N) is 3. The molecule has 1 aromatic rings. The van der Waals surface area contributed by atoms with Crippen LogP contribution in [0.1, 0.15) is 83.6 Å². The first-order chi connectivity index (χ1) is 13.9. The lowest BCUT2D eigenvalue weighted by molar-refractivity contribution is -0.100. The Balaban J connectivity index is 1.26. The molecule has 0 saturated heterocycles. The largest absolute Gasteiger partial charge is 0.390 e. The van der Waals surface area contributed by atoms with Crippen LogP contribution in [0.5, 0.6) is 0 Å². The molecule has 29 heavy (non-hydrogen) atoms. The van der Waals surface area contributed by atoms with Crippen LogP contribution in [0.25, 0.3) is 0 Å². The molecule has 1 heterocycles. The summed E-state index contributed by atoms with van der Waals surface area (Å²) < 4.78 is 1.97. The van der Waals surface area contributed by atoms with Gasteiger partial charge in [-0.05, 0) is 112 Å². The molecule has 1 N–H and O–H groups in total. The molecule has 4 nitrogen and oxygen atoms in total. The second-order valence-electron chi connectivity index (χ2n) is 11.4. The van der Waals surface area contributed by atoms with E-state index >= 15 is 0 Å². The van der Waals surface area contributed by atoms with Crippen LogP contribution in [0.4, 0.5) is 0 Å². The van der Waals surface area contributed by atoms with E-state index in [4.69, 9.17) is 5.26 Å². The third-order valence-electron chi connectivity index (χ3n) is 9.90. The fraction of sp³-hybridized carbons (Fsp3) is 0.840. The van der Waals surface area contributed by atoms with Crippen LogP contribution in [0.3, 0.4) is 0 Å². The summed E-state index contributed by atoms with van der Waals surface area (Å²) >= 11 is 0. The van der Waals surface area contributed by atoms with Crippen LogP contribution in [0, 0.1) is 52.3 Å². The summed E-state index contributed by atoms with van der Waals surface area (Å²) in [6.07, 6.45) is 16.4. The molecule has 4 fully saturated rings. The Morgan fingerprint density at radius 1 is 1.10 bits per heavy atom. The van der Waals surface area contributed by atoms with Gasteiger partial charge >= 0.3 is 0 Å². The highest BCUT2D eigenvalue weighted by Gasteiger charge is 2.57. The first kappa shape index (κ1) is 19.6. The average Bonchev–Trinajstić information content (AvgIpc) is 3.29. The lowest BCUT2D eigenvalue weighted by Gasteiger charge is -2.57. The molecule has 4 saturated carbocycles. The third-order valence-corrected chi connectivity index (χ3v) is 9.90. The lowest BCUT2D eigenvalue weighted by atomic mass is 9.49. The summed E-state index contributed by atoms with van der Waals surface area (Å²) in [5, 5.41) is 24.0. The van der Waals surface area contributed by atoms with E-state index in [9.17, 15) is 5.11 Å². The number of aryl methyl sites for hydroxylation is 1. The van der Waals surface area contributed by atoms with E-state index < -0.39 is 5.60 Å². The number of fused-ring (bicyclic) bond motifs is 5. The molecular weight excluding hydrogens is 358 g/mol. The van der Waals surface area contributed by atoms with Crippen LogP contribution >= 0.6 is 0 Å². The highest BCUT2D eigenvalue weighted by molar-refractivity contribution is 5.21. The number of hydrogen-bond donors (Lipinski definition) is 1. The maximum atomic E-state index is 10.6. The van der Waals surface area contributed by atoms with Gasteiger partial charge in [-0.3, -0.25) is 4.68 Å². The SMILES string of the molecule is C[C@@]1(O)CC[C@H]2[C@H](CC[C@@H]3[C@@H]2CC[C@]2(C)[C@@H](CCn4cc(C#N)cn4)CC[C@@H]32)C1. The molecule has 8 atom stereocenters. The summed E-state index contributed by atoms with van der Waals surface area (Å²) in [5.41, 5.74) is 0.761.